The molecule has 0 spiro atoms. The number of nitrogens with one attached hydrogen (secondary N) is 1. The Labute approximate surface area is 128 Å². The molecular formula is C14H13F3N2O2S. The molecule has 1 N–H and O–H groups in total. The molecule has 0 unspecified atom stereocenters. The van der Waals surface area contributed by atoms with Crippen molar-refractivity contribution >= 4 is 17.2 Å². The van der Waals surface area contributed by atoms with Gasteiger partial charge in [0, 0.05) is 23.7 Å². The van der Waals surface area contributed by atoms with Gasteiger partial charge in [-0.2, -0.15) is 13.2 Å². The van der Waals surface area contributed by atoms with Gasteiger partial charge in [0.2, 0.25) is 0 Å². The maximum absolute atomic E-state index is 11.9. The number of hydrogen-bond acceptors (Lipinski definition) is 4. The van der Waals surface area contributed by atoms with Gasteiger partial charge in [-0.15, -0.1) is 11.3 Å². The van der Waals surface area contributed by atoms with Crippen LogP contribution < -0.4 is 10.1 Å². The fraction of sp³-hybridized carbons (Fsp3) is 0.286. The van der Waals surface area contributed by atoms with Gasteiger partial charge in [-0.25, -0.2) is 4.98 Å². The van der Waals surface area contributed by atoms with Crippen molar-refractivity contribution in [1.29, 1.82) is 0 Å². The quantitative estimate of drug-likeness (QED) is 0.827. The number of amides is 1. The fourth-order valence-corrected chi connectivity index (χ4v) is 2.27. The summed E-state index contributed by atoms with van der Waals surface area (Å²) in [6.07, 6.45) is -2.83. The van der Waals surface area contributed by atoms with Crippen LogP contribution in [-0.4, -0.2) is 30.2 Å². The third-order valence-corrected chi connectivity index (χ3v) is 3.49. The SMILES string of the molecule is O=C(NCCCOc1ccc(-c2nccs2)cc1)C(F)(F)F. The maximum atomic E-state index is 11.9. The van der Waals surface area contributed by atoms with Crippen molar-refractivity contribution in [2.24, 2.45) is 0 Å². The molecular weight excluding hydrogens is 317 g/mol. The minimum Gasteiger partial charge on any atom is -0.494 e. The van der Waals surface area contributed by atoms with E-state index in [4.69, 9.17) is 4.74 Å². The zero-order chi connectivity index (χ0) is 16.0. The summed E-state index contributed by atoms with van der Waals surface area (Å²) in [5.41, 5.74) is 0.972. The van der Waals surface area contributed by atoms with Crippen LogP contribution in [0.1, 0.15) is 6.42 Å². The molecule has 0 aliphatic carbocycles. The molecule has 1 amide bonds. The number of ether oxygens (including phenoxy) is 1. The second-order valence-corrected chi connectivity index (χ2v) is 5.21. The number of rotatable bonds is 6. The van der Waals surface area contributed by atoms with Gasteiger partial charge in [0.15, 0.2) is 0 Å². The average molecular weight is 330 g/mol. The molecule has 0 saturated carbocycles. The van der Waals surface area contributed by atoms with E-state index in [0.29, 0.717) is 5.75 Å². The van der Waals surface area contributed by atoms with E-state index in [2.05, 4.69) is 4.98 Å². The standard InChI is InChI=1S/C14H13F3N2O2S/c15-14(16,17)13(20)19-6-1-8-21-11-4-2-10(3-5-11)12-18-7-9-22-12/h2-5,7,9H,1,6,8H2,(H,19,20). The van der Waals surface area contributed by atoms with Crippen LogP contribution in [0.15, 0.2) is 35.8 Å². The number of benzene rings is 1. The zero-order valence-electron chi connectivity index (χ0n) is 11.4. The Bertz CT molecular complexity index is 598. The molecule has 2 aromatic rings. The maximum Gasteiger partial charge on any atom is 0.471 e. The highest BCUT2D eigenvalue weighted by Crippen LogP contribution is 2.24. The largest absolute Gasteiger partial charge is 0.494 e. The lowest BCUT2D eigenvalue weighted by molar-refractivity contribution is -0.173. The lowest BCUT2D eigenvalue weighted by Gasteiger charge is -2.09. The second kappa shape index (κ2) is 7.26. The van der Waals surface area contributed by atoms with E-state index in [-0.39, 0.29) is 19.6 Å². The molecule has 1 heterocycles. The number of halogens is 3. The molecule has 1 aromatic carbocycles. The molecule has 0 saturated heterocycles. The van der Waals surface area contributed by atoms with Crippen molar-refractivity contribution in [3.8, 4) is 16.3 Å². The first-order valence-corrected chi connectivity index (χ1v) is 7.32. The Kier molecular flexibility index (Phi) is 5.37. The Balaban J connectivity index is 1.71. The minimum absolute atomic E-state index is 0.0878. The van der Waals surface area contributed by atoms with Crippen LogP contribution >= 0.6 is 11.3 Å². The zero-order valence-corrected chi connectivity index (χ0v) is 12.2. The number of alkyl halides is 3. The predicted molar refractivity (Wildman–Crippen MR) is 76.7 cm³/mol. The van der Waals surface area contributed by atoms with E-state index < -0.39 is 12.1 Å². The Hall–Kier alpha value is -2.09. The molecule has 0 fully saturated rings. The van der Waals surface area contributed by atoms with Crippen LogP contribution in [-0.2, 0) is 4.79 Å². The predicted octanol–water partition coefficient (Wildman–Crippen LogP) is 3.26. The summed E-state index contributed by atoms with van der Waals surface area (Å²) in [6.45, 7) is 0.129. The van der Waals surface area contributed by atoms with Crippen molar-refractivity contribution < 1.29 is 22.7 Å². The summed E-state index contributed by atoms with van der Waals surface area (Å²) in [5, 5.41) is 4.57. The minimum atomic E-state index is -4.84. The number of nitrogens with zero attached hydrogens (tertiary/aromatic N) is 1. The highest BCUT2D eigenvalue weighted by atomic mass is 32.1. The van der Waals surface area contributed by atoms with Crippen LogP contribution in [0.5, 0.6) is 5.75 Å². The van der Waals surface area contributed by atoms with E-state index in [1.165, 1.54) is 11.3 Å². The van der Waals surface area contributed by atoms with E-state index in [1.54, 1.807) is 23.6 Å². The number of aromatic nitrogens is 1. The van der Waals surface area contributed by atoms with Crippen LogP contribution in [0, 0.1) is 0 Å². The van der Waals surface area contributed by atoms with Gasteiger partial charge in [0.05, 0.1) is 6.61 Å². The van der Waals surface area contributed by atoms with E-state index in [1.807, 2.05) is 17.5 Å². The summed E-state index contributed by atoms with van der Waals surface area (Å²) >= 11 is 1.53. The van der Waals surface area contributed by atoms with Crippen LogP contribution in [0.2, 0.25) is 0 Å². The van der Waals surface area contributed by atoms with Crippen molar-refractivity contribution in [3.63, 3.8) is 0 Å². The molecule has 8 heteroatoms. The first-order valence-electron chi connectivity index (χ1n) is 6.44. The summed E-state index contributed by atoms with van der Waals surface area (Å²) in [7, 11) is 0. The first kappa shape index (κ1) is 16.3. The topological polar surface area (TPSA) is 51.2 Å². The van der Waals surface area contributed by atoms with Crippen LogP contribution in [0.3, 0.4) is 0 Å². The normalized spacial score (nSPS) is 11.2. The van der Waals surface area contributed by atoms with Gasteiger partial charge >= 0.3 is 12.1 Å². The number of carbonyl (C=O) groups excluding carboxylic acids is 1. The van der Waals surface area contributed by atoms with Crippen molar-refractivity contribution in [2.45, 2.75) is 12.6 Å². The summed E-state index contributed by atoms with van der Waals surface area (Å²) in [4.78, 5) is 14.8. The number of carbonyl (C=O) groups is 1. The Morgan fingerprint density at radius 1 is 1.27 bits per heavy atom. The molecule has 2 rings (SSSR count). The highest BCUT2D eigenvalue weighted by Gasteiger charge is 2.38. The van der Waals surface area contributed by atoms with Gasteiger partial charge in [-0.1, -0.05) is 0 Å². The molecule has 0 bridgehead atoms. The summed E-state index contributed by atoms with van der Waals surface area (Å²) < 4.78 is 41.2. The number of thiazole rings is 1. The lowest BCUT2D eigenvalue weighted by atomic mass is 10.2. The monoisotopic (exact) mass is 330 g/mol. The lowest BCUT2D eigenvalue weighted by Crippen LogP contribution is -2.37. The van der Waals surface area contributed by atoms with Gasteiger partial charge in [0.1, 0.15) is 10.8 Å². The molecule has 22 heavy (non-hydrogen) atoms. The van der Waals surface area contributed by atoms with Crippen molar-refractivity contribution in [3.05, 3.63) is 35.8 Å². The molecule has 0 atom stereocenters. The summed E-state index contributed by atoms with van der Waals surface area (Å²) in [6, 6.07) is 7.26. The average Bonchev–Trinajstić information content (AvgIpc) is 3.00. The van der Waals surface area contributed by atoms with Crippen LogP contribution in [0.25, 0.3) is 10.6 Å². The van der Waals surface area contributed by atoms with Gasteiger partial charge < -0.3 is 10.1 Å². The second-order valence-electron chi connectivity index (χ2n) is 4.32. The van der Waals surface area contributed by atoms with Gasteiger partial charge in [-0.3, -0.25) is 4.79 Å². The third-order valence-electron chi connectivity index (χ3n) is 2.67. The highest BCUT2D eigenvalue weighted by molar-refractivity contribution is 7.13. The Morgan fingerprint density at radius 2 is 2.00 bits per heavy atom. The van der Waals surface area contributed by atoms with Crippen molar-refractivity contribution in [2.75, 3.05) is 13.2 Å². The molecule has 118 valence electrons. The fourth-order valence-electron chi connectivity index (χ4n) is 1.62. The molecule has 0 aliphatic rings. The van der Waals surface area contributed by atoms with E-state index >= 15 is 0 Å². The van der Waals surface area contributed by atoms with Gasteiger partial charge in [0.25, 0.3) is 0 Å². The van der Waals surface area contributed by atoms with Crippen LogP contribution in [0.4, 0.5) is 13.2 Å². The molecule has 0 aliphatic heterocycles. The van der Waals surface area contributed by atoms with E-state index in [9.17, 15) is 18.0 Å². The van der Waals surface area contributed by atoms with Crippen molar-refractivity contribution in [1.82, 2.24) is 10.3 Å². The molecule has 1 aromatic heterocycles. The number of hydrogen-bond donors (Lipinski definition) is 1. The Morgan fingerprint density at radius 3 is 2.59 bits per heavy atom. The first-order chi connectivity index (χ1) is 10.5. The summed E-state index contributed by atoms with van der Waals surface area (Å²) in [5.74, 6) is -1.32. The molecule has 4 nitrogen and oxygen atoms in total. The van der Waals surface area contributed by atoms with E-state index in [0.717, 1.165) is 10.6 Å². The third kappa shape index (κ3) is 4.73. The van der Waals surface area contributed by atoms with Gasteiger partial charge in [-0.05, 0) is 30.7 Å². The smallest absolute Gasteiger partial charge is 0.471 e. The molecule has 0 radical (unpaired) electrons.